The van der Waals surface area contributed by atoms with Crippen molar-refractivity contribution in [2.75, 3.05) is 6.61 Å². The van der Waals surface area contributed by atoms with Crippen molar-refractivity contribution in [3.05, 3.63) is 59.9 Å². The monoisotopic (exact) mass is 462 g/mol. The molecule has 0 aliphatic carbocycles. The van der Waals surface area contributed by atoms with Crippen LogP contribution in [-0.2, 0) is 22.6 Å². The van der Waals surface area contributed by atoms with Crippen molar-refractivity contribution < 1.29 is 27.5 Å². The Morgan fingerprint density at radius 3 is 2.58 bits per heavy atom. The van der Waals surface area contributed by atoms with Crippen LogP contribution in [0.25, 0.3) is 10.9 Å². The second-order valence-corrected chi connectivity index (χ2v) is 7.87. The maximum absolute atomic E-state index is 13.0. The number of pyridine rings is 1. The molecule has 176 valence electrons. The fourth-order valence-electron chi connectivity index (χ4n) is 3.21. The number of aromatic nitrogens is 2. The molecule has 10 heteroatoms. The lowest BCUT2D eigenvalue weighted by Gasteiger charge is -2.20. The number of alkyl halides is 3. The summed E-state index contributed by atoms with van der Waals surface area (Å²) in [6.45, 7) is 1.84. The van der Waals surface area contributed by atoms with Crippen molar-refractivity contribution in [3.8, 4) is 5.88 Å². The highest BCUT2D eigenvalue weighted by Crippen LogP contribution is 2.21. The SMILES string of the molecule is CC(C)C(=O)NC(Cc1c[nH]c2ccccc12)C(=O)NCc1cccnc1OCC(F)(F)F. The summed E-state index contributed by atoms with van der Waals surface area (Å²) < 4.78 is 42.3. The Morgan fingerprint density at radius 1 is 1.09 bits per heavy atom. The maximum atomic E-state index is 13.0. The average Bonchev–Trinajstić information content (AvgIpc) is 3.18. The van der Waals surface area contributed by atoms with Crippen LogP contribution >= 0.6 is 0 Å². The highest BCUT2D eigenvalue weighted by molar-refractivity contribution is 5.90. The number of hydrogen-bond donors (Lipinski definition) is 3. The van der Waals surface area contributed by atoms with Gasteiger partial charge in [0.15, 0.2) is 6.61 Å². The molecule has 0 saturated carbocycles. The summed E-state index contributed by atoms with van der Waals surface area (Å²) in [6, 6.07) is 9.76. The summed E-state index contributed by atoms with van der Waals surface area (Å²) >= 11 is 0. The minimum absolute atomic E-state index is 0.109. The summed E-state index contributed by atoms with van der Waals surface area (Å²) in [5.41, 5.74) is 2.05. The van der Waals surface area contributed by atoms with Gasteiger partial charge in [0.1, 0.15) is 6.04 Å². The molecule has 1 unspecified atom stereocenters. The lowest BCUT2D eigenvalue weighted by Crippen LogP contribution is -2.49. The Bertz CT molecular complexity index is 1110. The van der Waals surface area contributed by atoms with Crippen LogP contribution < -0.4 is 15.4 Å². The van der Waals surface area contributed by atoms with Crippen LogP contribution in [-0.4, -0.2) is 40.6 Å². The quantitative estimate of drug-likeness (QED) is 0.454. The summed E-state index contributed by atoms with van der Waals surface area (Å²) in [4.78, 5) is 32.3. The molecule has 0 saturated heterocycles. The third-order valence-corrected chi connectivity index (χ3v) is 4.93. The van der Waals surface area contributed by atoms with E-state index in [0.29, 0.717) is 0 Å². The van der Waals surface area contributed by atoms with E-state index >= 15 is 0 Å². The van der Waals surface area contributed by atoms with Gasteiger partial charge in [-0.3, -0.25) is 9.59 Å². The second-order valence-electron chi connectivity index (χ2n) is 7.87. The number of halogens is 3. The number of benzene rings is 1. The van der Waals surface area contributed by atoms with Gasteiger partial charge in [-0.1, -0.05) is 38.1 Å². The summed E-state index contributed by atoms with van der Waals surface area (Å²) in [7, 11) is 0. The molecule has 0 fully saturated rings. The van der Waals surface area contributed by atoms with E-state index in [9.17, 15) is 22.8 Å². The molecule has 33 heavy (non-hydrogen) atoms. The number of nitrogens with one attached hydrogen (secondary N) is 3. The minimum atomic E-state index is -4.51. The topological polar surface area (TPSA) is 96.1 Å². The van der Waals surface area contributed by atoms with E-state index < -0.39 is 24.7 Å². The Kier molecular flexibility index (Phi) is 7.57. The van der Waals surface area contributed by atoms with Gasteiger partial charge < -0.3 is 20.4 Å². The molecule has 7 nitrogen and oxygen atoms in total. The Morgan fingerprint density at radius 2 is 1.85 bits per heavy atom. The molecule has 1 aromatic carbocycles. The van der Waals surface area contributed by atoms with Gasteiger partial charge in [0.2, 0.25) is 17.7 Å². The summed E-state index contributed by atoms with van der Waals surface area (Å²) in [5.74, 6) is -1.30. The van der Waals surface area contributed by atoms with Crippen molar-refractivity contribution in [2.24, 2.45) is 5.92 Å². The van der Waals surface area contributed by atoms with Crippen molar-refractivity contribution in [1.29, 1.82) is 0 Å². The Labute approximate surface area is 188 Å². The van der Waals surface area contributed by atoms with Gasteiger partial charge in [-0.25, -0.2) is 4.98 Å². The van der Waals surface area contributed by atoms with E-state index in [0.717, 1.165) is 16.5 Å². The number of amides is 2. The number of aromatic amines is 1. The summed E-state index contributed by atoms with van der Waals surface area (Å²) in [6.07, 6.45) is -1.18. The van der Waals surface area contributed by atoms with Crippen molar-refractivity contribution in [3.63, 3.8) is 0 Å². The number of para-hydroxylation sites is 1. The predicted molar refractivity (Wildman–Crippen MR) is 116 cm³/mol. The zero-order valence-corrected chi connectivity index (χ0v) is 18.2. The van der Waals surface area contributed by atoms with E-state index in [1.807, 2.05) is 24.3 Å². The van der Waals surface area contributed by atoms with E-state index in [2.05, 4.69) is 20.6 Å². The highest BCUT2D eigenvalue weighted by Gasteiger charge is 2.29. The normalized spacial score (nSPS) is 12.5. The van der Waals surface area contributed by atoms with Crippen molar-refractivity contribution in [2.45, 2.75) is 39.0 Å². The van der Waals surface area contributed by atoms with Crippen LogP contribution in [0.15, 0.2) is 48.8 Å². The molecule has 0 bridgehead atoms. The van der Waals surface area contributed by atoms with Crippen molar-refractivity contribution in [1.82, 2.24) is 20.6 Å². The fourth-order valence-corrected chi connectivity index (χ4v) is 3.21. The molecule has 1 atom stereocenters. The minimum Gasteiger partial charge on any atom is -0.468 e. The van der Waals surface area contributed by atoms with E-state index in [1.54, 1.807) is 20.0 Å². The Balaban J connectivity index is 1.74. The zero-order chi connectivity index (χ0) is 24.0. The van der Waals surface area contributed by atoms with Crippen LogP contribution in [0.2, 0.25) is 0 Å². The van der Waals surface area contributed by atoms with Crippen LogP contribution in [0.3, 0.4) is 0 Å². The number of carbonyl (C=O) groups is 2. The highest BCUT2D eigenvalue weighted by atomic mass is 19.4. The van der Waals surface area contributed by atoms with E-state index in [4.69, 9.17) is 4.74 Å². The number of carbonyl (C=O) groups excluding carboxylic acids is 2. The number of fused-ring (bicyclic) bond motifs is 1. The van der Waals surface area contributed by atoms with Crippen LogP contribution in [0.4, 0.5) is 13.2 Å². The molecular formula is C23H25F3N4O3. The van der Waals surface area contributed by atoms with Crippen LogP contribution in [0, 0.1) is 5.92 Å². The second kappa shape index (κ2) is 10.4. The van der Waals surface area contributed by atoms with E-state index in [1.165, 1.54) is 18.3 Å². The lowest BCUT2D eigenvalue weighted by atomic mass is 10.0. The van der Waals surface area contributed by atoms with Gasteiger partial charge in [-0.05, 0) is 17.7 Å². The molecule has 2 heterocycles. The molecule has 2 amide bonds. The van der Waals surface area contributed by atoms with Crippen LogP contribution in [0.1, 0.15) is 25.0 Å². The molecule has 0 spiro atoms. The number of H-pyrrole nitrogens is 1. The first-order valence-corrected chi connectivity index (χ1v) is 10.4. The third kappa shape index (κ3) is 6.71. The molecule has 0 radical (unpaired) electrons. The van der Waals surface area contributed by atoms with Gasteiger partial charge in [0.05, 0.1) is 0 Å². The number of hydrogen-bond acceptors (Lipinski definition) is 4. The average molecular weight is 462 g/mol. The molecule has 3 N–H and O–H groups in total. The number of nitrogens with zero attached hydrogens (tertiary/aromatic N) is 1. The van der Waals surface area contributed by atoms with Crippen LogP contribution in [0.5, 0.6) is 5.88 Å². The first-order chi connectivity index (χ1) is 15.6. The fraction of sp³-hybridized carbons (Fsp3) is 0.348. The van der Waals surface area contributed by atoms with Gasteiger partial charge in [0, 0.05) is 47.7 Å². The maximum Gasteiger partial charge on any atom is 0.422 e. The van der Waals surface area contributed by atoms with Crippen molar-refractivity contribution >= 4 is 22.7 Å². The molecular weight excluding hydrogens is 437 g/mol. The first-order valence-electron chi connectivity index (χ1n) is 10.4. The molecule has 0 aliphatic heterocycles. The molecule has 2 aromatic heterocycles. The molecule has 3 rings (SSSR count). The third-order valence-electron chi connectivity index (χ3n) is 4.93. The van der Waals surface area contributed by atoms with Gasteiger partial charge in [0.25, 0.3) is 0 Å². The molecule has 0 aliphatic rings. The first kappa shape index (κ1) is 24.1. The largest absolute Gasteiger partial charge is 0.468 e. The van der Waals surface area contributed by atoms with Gasteiger partial charge in [-0.15, -0.1) is 0 Å². The lowest BCUT2D eigenvalue weighted by molar-refractivity contribution is -0.154. The predicted octanol–water partition coefficient (Wildman–Crippen LogP) is 3.50. The molecule has 3 aromatic rings. The van der Waals surface area contributed by atoms with Gasteiger partial charge >= 0.3 is 6.18 Å². The standard InChI is InChI=1S/C23H25F3N4O3/c1-14(2)20(31)30-19(10-16-12-28-18-8-4-3-7-17(16)18)21(32)29-11-15-6-5-9-27-22(15)33-13-23(24,25)26/h3-9,12,14,19,28H,10-11,13H2,1-2H3,(H,29,32)(H,30,31). The zero-order valence-electron chi connectivity index (χ0n) is 18.2. The number of rotatable bonds is 9. The van der Waals surface area contributed by atoms with Gasteiger partial charge in [-0.2, -0.15) is 13.2 Å². The number of ether oxygens (including phenoxy) is 1. The Hall–Kier alpha value is -3.56. The summed E-state index contributed by atoms with van der Waals surface area (Å²) in [5, 5.41) is 6.37. The van der Waals surface area contributed by atoms with E-state index in [-0.39, 0.29) is 36.2 Å². The smallest absolute Gasteiger partial charge is 0.422 e.